The van der Waals surface area contributed by atoms with Gasteiger partial charge >= 0.3 is 0 Å². The minimum atomic E-state index is -0.0695. The molecule has 26 heavy (non-hydrogen) atoms. The highest BCUT2D eigenvalue weighted by molar-refractivity contribution is 7.63. The molecule has 2 heterocycles. The quantitative estimate of drug-likeness (QED) is 0.438. The smallest absolute Gasteiger partial charge is 0.0161 e. The molecule has 0 radical (unpaired) electrons. The van der Waals surface area contributed by atoms with Gasteiger partial charge < -0.3 is 0 Å². The molecule has 4 atom stereocenters. The highest BCUT2D eigenvalue weighted by Crippen LogP contribution is 2.80. The van der Waals surface area contributed by atoms with E-state index in [4.69, 9.17) is 0 Å². The van der Waals surface area contributed by atoms with Gasteiger partial charge in [0.15, 0.2) is 0 Å². The molecule has 0 bridgehead atoms. The van der Waals surface area contributed by atoms with Gasteiger partial charge in [-0.25, -0.2) is 0 Å². The fraction of sp³-hybridized carbons (Fsp3) is 0.500. The van der Waals surface area contributed by atoms with E-state index in [2.05, 4.69) is 90.1 Å². The summed E-state index contributed by atoms with van der Waals surface area (Å²) in [6.45, 7) is 14.9. The van der Waals surface area contributed by atoms with Crippen LogP contribution in [0.25, 0.3) is 0 Å². The summed E-state index contributed by atoms with van der Waals surface area (Å²) in [5.41, 5.74) is 8.07. The highest BCUT2D eigenvalue weighted by Gasteiger charge is 2.50. The minimum Gasteiger partial charge on any atom is -0.0880 e. The molecule has 4 rings (SSSR count). The van der Waals surface area contributed by atoms with Crippen molar-refractivity contribution in [2.24, 2.45) is 0 Å². The molecule has 2 aliphatic heterocycles. The first-order valence-corrected chi connectivity index (χ1v) is 13.1. The lowest BCUT2D eigenvalue weighted by molar-refractivity contribution is 0.736. The number of rotatable bonds is 1. The maximum absolute atomic E-state index is 2.48. The average molecular weight is 382 g/mol. The van der Waals surface area contributed by atoms with Gasteiger partial charge in [-0.15, -0.1) is 0 Å². The van der Waals surface area contributed by atoms with Crippen molar-refractivity contribution in [1.82, 2.24) is 0 Å². The van der Waals surface area contributed by atoms with E-state index in [1.54, 1.807) is 22.3 Å². The van der Waals surface area contributed by atoms with Crippen molar-refractivity contribution >= 4 is 15.8 Å². The summed E-state index contributed by atoms with van der Waals surface area (Å²) < 4.78 is 0. The molecule has 0 saturated heterocycles. The lowest BCUT2D eigenvalue weighted by Crippen LogP contribution is -2.20. The molecule has 0 spiro atoms. The Bertz CT molecular complexity index is 740. The standard InChI is InChI=1S/C24H32P2/c1-23(2,3)25-15-17-11-7-9-13-19(17)21(25)22-20-14-10-8-12-18(20)16-26(22)24(4,5)6/h7-14,21-22H,15-16H2,1-6H3/t21-,22-,25-,26+/m1/s1. The first kappa shape index (κ1) is 18.7. The Balaban J connectivity index is 1.89. The molecule has 2 aromatic carbocycles. The largest absolute Gasteiger partial charge is 0.0880 e. The Morgan fingerprint density at radius 1 is 0.615 bits per heavy atom. The van der Waals surface area contributed by atoms with Crippen molar-refractivity contribution < 1.29 is 0 Å². The number of fused-ring (bicyclic) bond motifs is 2. The zero-order valence-electron chi connectivity index (χ0n) is 17.1. The maximum atomic E-state index is 2.48. The Kier molecular flexibility index (Phi) is 4.61. The molecule has 0 fully saturated rings. The van der Waals surface area contributed by atoms with Gasteiger partial charge in [0.2, 0.25) is 0 Å². The van der Waals surface area contributed by atoms with Crippen molar-refractivity contribution in [2.45, 2.75) is 75.5 Å². The predicted octanol–water partition coefficient (Wildman–Crippen LogP) is 8.06. The van der Waals surface area contributed by atoms with Gasteiger partial charge in [-0.3, -0.25) is 0 Å². The van der Waals surface area contributed by atoms with E-state index in [0.29, 0.717) is 10.3 Å². The Hall–Kier alpha value is -0.700. The summed E-state index contributed by atoms with van der Waals surface area (Å²) in [7, 11) is -0.139. The van der Waals surface area contributed by atoms with Gasteiger partial charge in [0.05, 0.1) is 0 Å². The predicted molar refractivity (Wildman–Crippen MR) is 119 cm³/mol. The fourth-order valence-electron chi connectivity index (χ4n) is 4.82. The summed E-state index contributed by atoms with van der Waals surface area (Å²) in [5.74, 6) is 0. The van der Waals surface area contributed by atoms with Crippen LogP contribution in [-0.4, -0.2) is 10.3 Å². The lowest BCUT2D eigenvalue weighted by atomic mass is 9.98. The molecule has 2 aromatic rings. The highest BCUT2D eigenvalue weighted by atomic mass is 31.1. The molecule has 2 aliphatic rings. The zero-order chi connectivity index (χ0) is 18.7. The molecule has 138 valence electrons. The molecule has 0 saturated carbocycles. The molecule has 0 N–H and O–H groups in total. The van der Waals surface area contributed by atoms with Crippen LogP contribution in [-0.2, 0) is 12.3 Å². The molecule has 0 aromatic heterocycles. The van der Waals surface area contributed by atoms with Crippen LogP contribution in [0.1, 0.15) is 75.1 Å². The second-order valence-electron chi connectivity index (χ2n) is 9.88. The monoisotopic (exact) mass is 382 g/mol. The third-order valence-corrected chi connectivity index (χ3v) is 13.7. The Morgan fingerprint density at radius 3 is 1.31 bits per heavy atom. The summed E-state index contributed by atoms with van der Waals surface area (Å²) in [6, 6.07) is 18.7. The van der Waals surface area contributed by atoms with E-state index in [9.17, 15) is 0 Å². The van der Waals surface area contributed by atoms with Crippen molar-refractivity contribution in [1.29, 1.82) is 0 Å². The van der Waals surface area contributed by atoms with Gasteiger partial charge in [0.1, 0.15) is 0 Å². The van der Waals surface area contributed by atoms with Gasteiger partial charge in [0, 0.05) is 11.3 Å². The van der Waals surface area contributed by atoms with Crippen molar-refractivity contribution in [3.63, 3.8) is 0 Å². The third kappa shape index (κ3) is 3.08. The van der Waals surface area contributed by atoms with E-state index < -0.39 is 0 Å². The van der Waals surface area contributed by atoms with Gasteiger partial charge in [-0.1, -0.05) is 106 Å². The van der Waals surface area contributed by atoms with Crippen LogP contribution >= 0.6 is 15.8 Å². The second-order valence-corrected chi connectivity index (χ2v) is 16.2. The first-order chi connectivity index (χ1) is 12.2. The summed E-state index contributed by atoms with van der Waals surface area (Å²) in [6.07, 6.45) is 2.62. The number of hydrogen-bond donors (Lipinski definition) is 0. The minimum absolute atomic E-state index is 0.0695. The lowest BCUT2D eigenvalue weighted by Gasteiger charge is -2.42. The molecule has 0 aliphatic carbocycles. The Labute approximate surface area is 162 Å². The van der Waals surface area contributed by atoms with Crippen molar-refractivity contribution in [3.8, 4) is 0 Å². The van der Waals surface area contributed by atoms with E-state index >= 15 is 0 Å². The summed E-state index contributed by atoms with van der Waals surface area (Å²) in [5, 5.41) is 0.797. The van der Waals surface area contributed by atoms with E-state index in [1.165, 1.54) is 12.3 Å². The van der Waals surface area contributed by atoms with Crippen LogP contribution < -0.4 is 0 Å². The maximum Gasteiger partial charge on any atom is 0.0161 e. The molecule has 0 amide bonds. The van der Waals surface area contributed by atoms with E-state index in [1.807, 2.05) is 0 Å². The normalized spacial score (nSPS) is 28.1. The SMILES string of the molecule is CC(C)(C)[P@]1Cc2ccccc2[C@@H]1[C@H]1c2ccccc2C[P@]1C(C)(C)C. The molecular weight excluding hydrogens is 350 g/mol. The topological polar surface area (TPSA) is 0 Å². The fourth-order valence-corrected chi connectivity index (χ4v) is 12.3. The van der Waals surface area contributed by atoms with Crippen LogP contribution in [0.4, 0.5) is 0 Å². The summed E-state index contributed by atoms with van der Waals surface area (Å²) in [4.78, 5) is 0. The second kappa shape index (κ2) is 6.43. The van der Waals surface area contributed by atoms with Crippen LogP contribution in [0.5, 0.6) is 0 Å². The van der Waals surface area contributed by atoms with Crippen LogP contribution in [0.15, 0.2) is 48.5 Å². The average Bonchev–Trinajstić information content (AvgIpc) is 3.12. The molecule has 2 heteroatoms. The van der Waals surface area contributed by atoms with Crippen molar-refractivity contribution in [3.05, 3.63) is 70.8 Å². The van der Waals surface area contributed by atoms with E-state index in [-0.39, 0.29) is 15.8 Å². The molecule has 0 nitrogen and oxygen atoms in total. The van der Waals surface area contributed by atoms with Crippen LogP contribution in [0, 0.1) is 0 Å². The molecule has 0 unspecified atom stereocenters. The number of benzene rings is 2. The molecular formula is C24H32P2. The first-order valence-electron chi connectivity index (χ1n) is 9.87. The Morgan fingerprint density at radius 2 is 0.962 bits per heavy atom. The summed E-state index contributed by atoms with van der Waals surface area (Å²) >= 11 is 0. The number of hydrogen-bond acceptors (Lipinski definition) is 0. The third-order valence-electron chi connectivity index (χ3n) is 6.12. The van der Waals surface area contributed by atoms with E-state index in [0.717, 1.165) is 11.3 Å². The van der Waals surface area contributed by atoms with Gasteiger partial charge in [-0.2, -0.15) is 0 Å². The van der Waals surface area contributed by atoms with Crippen LogP contribution in [0.3, 0.4) is 0 Å². The van der Waals surface area contributed by atoms with Crippen LogP contribution in [0.2, 0.25) is 0 Å². The van der Waals surface area contributed by atoms with Gasteiger partial charge in [0.25, 0.3) is 0 Å². The van der Waals surface area contributed by atoms with Crippen molar-refractivity contribution in [2.75, 3.05) is 0 Å². The van der Waals surface area contributed by atoms with Gasteiger partial charge in [-0.05, 0) is 44.9 Å². The zero-order valence-corrected chi connectivity index (χ0v) is 18.9.